The van der Waals surface area contributed by atoms with E-state index in [9.17, 15) is 14.0 Å². The van der Waals surface area contributed by atoms with Crippen LogP contribution in [0, 0.1) is 11.7 Å². The molecule has 118 valence electrons. The van der Waals surface area contributed by atoms with E-state index < -0.39 is 23.7 Å². The Balaban J connectivity index is 1.95. The minimum absolute atomic E-state index is 0.0196. The zero-order valence-corrected chi connectivity index (χ0v) is 12.9. The first-order chi connectivity index (χ1) is 10.5. The summed E-state index contributed by atoms with van der Waals surface area (Å²) in [7, 11) is 0. The van der Waals surface area contributed by atoms with E-state index in [1.54, 1.807) is 0 Å². The lowest BCUT2D eigenvalue weighted by Gasteiger charge is -2.33. The summed E-state index contributed by atoms with van der Waals surface area (Å²) in [6.45, 7) is 0. The molecule has 0 bridgehead atoms. The van der Waals surface area contributed by atoms with E-state index in [1.807, 2.05) is 0 Å². The third kappa shape index (κ3) is 2.58. The van der Waals surface area contributed by atoms with Crippen LogP contribution in [0.2, 0.25) is 5.02 Å². The number of primary amides is 1. The smallest absolute Gasteiger partial charge is 0.257 e. The minimum Gasteiger partial charge on any atom is -0.368 e. The van der Waals surface area contributed by atoms with Crippen molar-refractivity contribution in [1.29, 1.82) is 0 Å². The second-order valence-corrected chi connectivity index (χ2v) is 6.54. The van der Waals surface area contributed by atoms with E-state index in [2.05, 4.69) is 0 Å². The number of rotatable bonds is 2. The molecule has 4 nitrogen and oxygen atoms in total. The van der Waals surface area contributed by atoms with Gasteiger partial charge < -0.3 is 10.6 Å². The minimum atomic E-state index is -0.667. The molecule has 0 spiro atoms. The van der Waals surface area contributed by atoms with Crippen molar-refractivity contribution < 1.29 is 14.0 Å². The average molecular weight is 325 g/mol. The highest BCUT2D eigenvalue weighted by Crippen LogP contribution is 2.40. The molecule has 0 radical (unpaired) electrons. The summed E-state index contributed by atoms with van der Waals surface area (Å²) in [5.74, 6) is -1.37. The molecular weight excluding hydrogens is 307 g/mol. The normalized spacial score (nSPS) is 27.5. The Kier molecular flexibility index (Phi) is 4.08. The lowest BCUT2D eigenvalue weighted by molar-refractivity contribution is -0.122. The maximum atomic E-state index is 14.1. The number of nitrogens with two attached hydrogens (primary N) is 1. The van der Waals surface area contributed by atoms with Crippen LogP contribution in [0.5, 0.6) is 0 Å². The van der Waals surface area contributed by atoms with E-state index in [4.69, 9.17) is 17.3 Å². The number of halogens is 2. The average Bonchev–Trinajstić information content (AvgIpc) is 2.86. The van der Waals surface area contributed by atoms with Gasteiger partial charge in [0.1, 0.15) is 11.9 Å². The van der Waals surface area contributed by atoms with Gasteiger partial charge in [0.2, 0.25) is 5.91 Å². The standard InChI is InChI=1S/C16H18ClFN2O2/c17-10-5-6-11(12(18)8-10)16(22)20-13-4-2-1-3-9(13)7-14(20)15(19)21/h5-6,8-9,13-14H,1-4,7H2,(H2,19,21). The summed E-state index contributed by atoms with van der Waals surface area (Å²) in [6, 6.07) is 3.30. The van der Waals surface area contributed by atoms with Crippen molar-refractivity contribution in [3.63, 3.8) is 0 Å². The van der Waals surface area contributed by atoms with Crippen LogP contribution in [0.1, 0.15) is 42.5 Å². The number of carbonyl (C=O) groups excluding carboxylic acids is 2. The van der Waals surface area contributed by atoms with E-state index in [-0.39, 0.29) is 22.5 Å². The molecule has 1 aliphatic carbocycles. The van der Waals surface area contributed by atoms with Crippen molar-refractivity contribution in [1.82, 2.24) is 4.90 Å². The third-order valence-electron chi connectivity index (χ3n) is 4.81. The number of hydrogen-bond donors (Lipinski definition) is 1. The molecule has 2 fully saturated rings. The zero-order valence-electron chi connectivity index (χ0n) is 12.1. The lowest BCUT2D eigenvalue weighted by atomic mass is 9.84. The number of carbonyl (C=O) groups is 2. The SMILES string of the molecule is NC(=O)C1CC2CCCCC2N1C(=O)c1ccc(Cl)cc1F. The monoisotopic (exact) mass is 324 g/mol. The summed E-state index contributed by atoms with van der Waals surface area (Å²) < 4.78 is 14.1. The fourth-order valence-corrected chi connectivity index (χ4v) is 3.97. The topological polar surface area (TPSA) is 63.4 Å². The first kappa shape index (κ1) is 15.3. The van der Waals surface area contributed by atoms with Crippen molar-refractivity contribution in [2.75, 3.05) is 0 Å². The van der Waals surface area contributed by atoms with Crippen LogP contribution >= 0.6 is 11.6 Å². The van der Waals surface area contributed by atoms with Gasteiger partial charge in [-0.2, -0.15) is 0 Å². The van der Waals surface area contributed by atoms with E-state index >= 15 is 0 Å². The van der Waals surface area contributed by atoms with Gasteiger partial charge in [-0.1, -0.05) is 24.4 Å². The Hall–Kier alpha value is -1.62. The molecular formula is C16H18ClFN2O2. The number of nitrogens with zero attached hydrogens (tertiary/aromatic N) is 1. The van der Waals surface area contributed by atoms with Crippen LogP contribution < -0.4 is 5.73 Å². The van der Waals surface area contributed by atoms with Gasteiger partial charge in [-0.25, -0.2) is 4.39 Å². The molecule has 2 N–H and O–H groups in total. The van der Waals surface area contributed by atoms with Crippen molar-refractivity contribution in [3.05, 3.63) is 34.6 Å². The maximum Gasteiger partial charge on any atom is 0.257 e. The van der Waals surface area contributed by atoms with Crippen LogP contribution in [0.15, 0.2) is 18.2 Å². The van der Waals surface area contributed by atoms with Gasteiger partial charge in [-0.3, -0.25) is 9.59 Å². The first-order valence-corrected chi connectivity index (χ1v) is 7.94. The van der Waals surface area contributed by atoms with Crippen molar-refractivity contribution in [3.8, 4) is 0 Å². The lowest BCUT2D eigenvalue weighted by Crippen LogP contribution is -2.48. The molecule has 1 saturated carbocycles. The van der Waals surface area contributed by atoms with Crippen molar-refractivity contribution in [2.45, 2.75) is 44.2 Å². The number of hydrogen-bond acceptors (Lipinski definition) is 2. The molecule has 3 unspecified atom stereocenters. The Morgan fingerprint density at radius 1 is 1.27 bits per heavy atom. The number of fused-ring (bicyclic) bond motifs is 1. The summed E-state index contributed by atoms with van der Waals surface area (Å²) in [4.78, 5) is 26.0. The van der Waals surface area contributed by atoms with Gasteiger partial charge in [-0.15, -0.1) is 0 Å². The van der Waals surface area contributed by atoms with E-state index in [1.165, 1.54) is 17.0 Å². The molecule has 6 heteroatoms. The Morgan fingerprint density at radius 2 is 2.00 bits per heavy atom. The predicted octanol–water partition coefficient (Wildman–Crippen LogP) is 2.74. The number of likely N-dealkylation sites (tertiary alicyclic amines) is 1. The third-order valence-corrected chi connectivity index (χ3v) is 5.05. The molecule has 22 heavy (non-hydrogen) atoms. The van der Waals surface area contributed by atoms with Gasteiger partial charge >= 0.3 is 0 Å². The first-order valence-electron chi connectivity index (χ1n) is 7.56. The number of amides is 2. The summed E-state index contributed by atoms with van der Waals surface area (Å²) in [6.07, 6.45) is 4.53. The molecule has 1 saturated heterocycles. The van der Waals surface area contributed by atoms with Crippen LogP contribution in [-0.4, -0.2) is 28.8 Å². The van der Waals surface area contributed by atoms with E-state index in [0.717, 1.165) is 31.7 Å². The van der Waals surface area contributed by atoms with Crippen molar-refractivity contribution >= 4 is 23.4 Å². The molecule has 1 aromatic rings. The molecule has 3 rings (SSSR count). The van der Waals surface area contributed by atoms with Crippen LogP contribution in [0.25, 0.3) is 0 Å². The Morgan fingerprint density at radius 3 is 2.68 bits per heavy atom. The van der Waals surface area contributed by atoms with Crippen LogP contribution in [-0.2, 0) is 4.79 Å². The van der Waals surface area contributed by atoms with E-state index in [0.29, 0.717) is 6.42 Å². The molecule has 1 heterocycles. The summed E-state index contributed by atoms with van der Waals surface area (Å²) >= 11 is 5.73. The molecule has 2 amide bonds. The quantitative estimate of drug-likeness (QED) is 0.909. The highest BCUT2D eigenvalue weighted by Gasteiger charge is 2.47. The molecule has 1 aliphatic heterocycles. The fraction of sp³-hybridized carbons (Fsp3) is 0.500. The molecule has 2 aliphatic rings. The fourth-order valence-electron chi connectivity index (χ4n) is 3.81. The second kappa shape index (κ2) is 5.88. The van der Waals surface area contributed by atoms with Gasteiger partial charge in [0.05, 0.1) is 5.56 Å². The second-order valence-electron chi connectivity index (χ2n) is 6.10. The molecule has 1 aromatic carbocycles. The summed E-state index contributed by atoms with van der Waals surface area (Å²) in [5, 5.41) is 0.234. The van der Waals surface area contributed by atoms with Crippen molar-refractivity contribution in [2.24, 2.45) is 11.7 Å². The highest BCUT2D eigenvalue weighted by atomic mass is 35.5. The largest absolute Gasteiger partial charge is 0.368 e. The van der Waals surface area contributed by atoms with Gasteiger partial charge in [0, 0.05) is 11.1 Å². The van der Waals surface area contributed by atoms with Gasteiger partial charge in [0.25, 0.3) is 5.91 Å². The Labute approximate surface area is 133 Å². The highest BCUT2D eigenvalue weighted by molar-refractivity contribution is 6.30. The van der Waals surface area contributed by atoms with Gasteiger partial charge in [-0.05, 0) is 43.4 Å². The predicted molar refractivity (Wildman–Crippen MR) is 80.9 cm³/mol. The van der Waals surface area contributed by atoms with Gasteiger partial charge in [0.15, 0.2) is 0 Å². The Bertz CT molecular complexity index is 622. The zero-order chi connectivity index (χ0) is 15.9. The summed E-state index contributed by atoms with van der Waals surface area (Å²) in [5.41, 5.74) is 5.42. The van der Waals surface area contributed by atoms with Crippen LogP contribution in [0.3, 0.4) is 0 Å². The molecule has 0 aromatic heterocycles. The van der Waals surface area contributed by atoms with Crippen LogP contribution in [0.4, 0.5) is 4.39 Å². The molecule has 3 atom stereocenters. The maximum absolute atomic E-state index is 14.1. The number of benzene rings is 1.